The second-order valence-corrected chi connectivity index (χ2v) is 4.52. The lowest BCUT2D eigenvalue weighted by Gasteiger charge is -2.07. The fourth-order valence-corrected chi connectivity index (χ4v) is 1.64. The highest BCUT2D eigenvalue weighted by atomic mass is 79.9. The average Bonchev–Trinajstić information content (AvgIpc) is 2.25. The third kappa shape index (κ3) is 2.68. The Morgan fingerprint density at radius 1 is 1.06 bits per heavy atom. The quantitative estimate of drug-likeness (QED) is 0.878. The van der Waals surface area contributed by atoms with Crippen molar-refractivity contribution in [2.45, 2.75) is 0 Å². The van der Waals surface area contributed by atoms with Crippen molar-refractivity contribution < 1.29 is 9.84 Å². The molecular weight excluding hydrogens is 291 g/mol. The first kappa shape index (κ1) is 11.3. The summed E-state index contributed by atoms with van der Waals surface area (Å²) < 4.78 is 6.46. The van der Waals surface area contributed by atoms with Crippen molar-refractivity contribution >= 4 is 27.5 Å². The summed E-state index contributed by atoms with van der Waals surface area (Å²) in [4.78, 5) is 0. The highest BCUT2D eigenvalue weighted by Crippen LogP contribution is 2.32. The van der Waals surface area contributed by atoms with Gasteiger partial charge in [0.1, 0.15) is 5.75 Å². The van der Waals surface area contributed by atoms with Gasteiger partial charge in [-0.2, -0.15) is 0 Å². The summed E-state index contributed by atoms with van der Waals surface area (Å²) in [5.41, 5.74) is 0. The molecule has 0 radical (unpaired) electrons. The molecule has 0 fully saturated rings. The molecule has 0 bridgehead atoms. The monoisotopic (exact) mass is 298 g/mol. The average molecular weight is 300 g/mol. The maximum absolute atomic E-state index is 9.59. The molecule has 2 rings (SSSR count). The molecule has 0 aliphatic heterocycles. The smallest absolute Gasteiger partial charge is 0.169 e. The third-order valence-corrected chi connectivity index (χ3v) is 2.73. The molecule has 0 saturated carbocycles. The molecule has 0 spiro atoms. The SMILES string of the molecule is Oc1cc(Cl)ccc1Oc1ccc(Br)cc1. The van der Waals surface area contributed by atoms with E-state index in [9.17, 15) is 5.11 Å². The largest absolute Gasteiger partial charge is 0.504 e. The Bertz CT molecular complexity index is 497. The fraction of sp³-hybridized carbons (Fsp3) is 0. The van der Waals surface area contributed by atoms with Crippen molar-refractivity contribution in [1.29, 1.82) is 0 Å². The molecule has 2 aromatic rings. The molecule has 4 heteroatoms. The van der Waals surface area contributed by atoms with Gasteiger partial charge in [0, 0.05) is 15.6 Å². The molecule has 0 aromatic heterocycles. The van der Waals surface area contributed by atoms with Crippen LogP contribution in [0.5, 0.6) is 17.2 Å². The molecule has 2 aromatic carbocycles. The molecule has 0 unspecified atom stereocenters. The molecule has 0 atom stereocenters. The van der Waals surface area contributed by atoms with Gasteiger partial charge in [0.2, 0.25) is 0 Å². The summed E-state index contributed by atoms with van der Waals surface area (Å²) in [6.45, 7) is 0. The van der Waals surface area contributed by atoms with Crippen molar-refractivity contribution in [3.63, 3.8) is 0 Å². The third-order valence-electron chi connectivity index (χ3n) is 1.96. The second-order valence-electron chi connectivity index (χ2n) is 3.17. The van der Waals surface area contributed by atoms with Gasteiger partial charge >= 0.3 is 0 Å². The highest BCUT2D eigenvalue weighted by molar-refractivity contribution is 9.10. The predicted molar refractivity (Wildman–Crippen MR) is 67.3 cm³/mol. The maximum Gasteiger partial charge on any atom is 0.169 e. The second kappa shape index (κ2) is 4.76. The van der Waals surface area contributed by atoms with E-state index in [1.165, 1.54) is 6.07 Å². The first-order valence-corrected chi connectivity index (χ1v) is 5.74. The minimum absolute atomic E-state index is 0.0235. The van der Waals surface area contributed by atoms with E-state index >= 15 is 0 Å². The van der Waals surface area contributed by atoms with E-state index in [0.29, 0.717) is 16.5 Å². The minimum atomic E-state index is 0.0235. The van der Waals surface area contributed by atoms with Crippen LogP contribution in [0.4, 0.5) is 0 Å². The van der Waals surface area contributed by atoms with E-state index in [0.717, 1.165) is 4.47 Å². The number of rotatable bonds is 2. The summed E-state index contributed by atoms with van der Waals surface area (Å²) in [5, 5.41) is 10.1. The van der Waals surface area contributed by atoms with Gasteiger partial charge in [-0.15, -0.1) is 0 Å². The van der Waals surface area contributed by atoms with Crippen LogP contribution in [0.15, 0.2) is 46.9 Å². The van der Waals surface area contributed by atoms with Gasteiger partial charge in [-0.3, -0.25) is 0 Å². The Morgan fingerprint density at radius 2 is 1.75 bits per heavy atom. The number of benzene rings is 2. The lowest BCUT2D eigenvalue weighted by molar-refractivity contribution is 0.411. The highest BCUT2D eigenvalue weighted by Gasteiger charge is 2.04. The normalized spacial score (nSPS) is 10.1. The van der Waals surface area contributed by atoms with Crippen LogP contribution in [0.1, 0.15) is 0 Å². The molecule has 0 aliphatic carbocycles. The zero-order chi connectivity index (χ0) is 11.5. The first-order valence-electron chi connectivity index (χ1n) is 4.57. The van der Waals surface area contributed by atoms with Gasteiger partial charge in [0.05, 0.1) is 0 Å². The number of phenolic OH excluding ortho intramolecular Hbond substituents is 1. The van der Waals surface area contributed by atoms with Crippen LogP contribution in [0.2, 0.25) is 5.02 Å². The molecule has 2 nitrogen and oxygen atoms in total. The van der Waals surface area contributed by atoms with Crippen molar-refractivity contribution in [3.8, 4) is 17.2 Å². The summed E-state index contributed by atoms with van der Waals surface area (Å²) in [6, 6.07) is 12.1. The van der Waals surface area contributed by atoms with Gasteiger partial charge < -0.3 is 9.84 Å². The van der Waals surface area contributed by atoms with E-state index in [1.54, 1.807) is 24.3 Å². The van der Waals surface area contributed by atoms with E-state index < -0.39 is 0 Å². The number of halogens is 2. The van der Waals surface area contributed by atoms with Gasteiger partial charge in [-0.1, -0.05) is 27.5 Å². The lowest BCUT2D eigenvalue weighted by atomic mass is 10.3. The Labute approximate surface area is 107 Å². The Balaban J connectivity index is 2.23. The topological polar surface area (TPSA) is 29.5 Å². The van der Waals surface area contributed by atoms with Gasteiger partial charge in [0.15, 0.2) is 11.5 Å². The molecule has 0 aliphatic rings. The van der Waals surface area contributed by atoms with Crippen LogP contribution in [-0.4, -0.2) is 5.11 Å². The lowest BCUT2D eigenvalue weighted by Crippen LogP contribution is -1.84. The molecule has 0 amide bonds. The van der Waals surface area contributed by atoms with Crippen LogP contribution in [0.25, 0.3) is 0 Å². The molecule has 82 valence electrons. The molecule has 1 N–H and O–H groups in total. The summed E-state index contributed by atoms with van der Waals surface area (Å²) >= 11 is 9.05. The van der Waals surface area contributed by atoms with Crippen molar-refractivity contribution in [1.82, 2.24) is 0 Å². The molecule has 0 saturated heterocycles. The molecule has 16 heavy (non-hydrogen) atoms. The van der Waals surface area contributed by atoms with Crippen LogP contribution in [0, 0.1) is 0 Å². The number of hydrogen-bond donors (Lipinski definition) is 1. The zero-order valence-corrected chi connectivity index (χ0v) is 10.5. The minimum Gasteiger partial charge on any atom is -0.504 e. The van der Waals surface area contributed by atoms with Crippen LogP contribution < -0.4 is 4.74 Å². The number of ether oxygens (including phenoxy) is 1. The molecule has 0 heterocycles. The van der Waals surface area contributed by atoms with E-state index in [2.05, 4.69) is 15.9 Å². The zero-order valence-electron chi connectivity index (χ0n) is 8.15. The predicted octanol–water partition coefficient (Wildman–Crippen LogP) is 4.60. The number of aromatic hydroxyl groups is 1. The number of phenols is 1. The Hall–Kier alpha value is -1.19. The van der Waals surface area contributed by atoms with Gasteiger partial charge in [0.25, 0.3) is 0 Å². The van der Waals surface area contributed by atoms with Crippen LogP contribution in [0.3, 0.4) is 0 Å². The molecular formula is C12H8BrClO2. The van der Waals surface area contributed by atoms with E-state index in [1.807, 2.05) is 12.1 Å². The van der Waals surface area contributed by atoms with Crippen LogP contribution in [-0.2, 0) is 0 Å². The summed E-state index contributed by atoms with van der Waals surface area (Å²) in [6.07, 6.45) is 0. The van der Waals surface area contributed by atoms with Crippen LogP contribution >= 0.6 is 27.5 Å². The number of hydrogen-bond acceptors (Lipinski definition) is 2. The fourth-order valence-electron chi connectivity index (χ4n) is 1.21. The van der Waals surface area contributed by atoms with E-state index in [-0.39, 0.29) is 5.75 Å². The van der Waals surface area contributed by atoms with E-state index in [4.69, 9.17) is 16.3 Å². The first-order chi connectivity index (χ1) is 7.65. The van der Waals surface area contributed by atoms with Crippen molar-refractivity contribution in [2.24, 2.45) is 0 Å². The van der Waals surface area contributed by atoms with Crippen molar-refractivity contribution in [2.75, 3.05) is 0 Å². The Kier molecular flexibility index (Phi) is 3.36. The maximum atomic E-state index is 9.59. The van der Waals surface area contributed by atoms with Gasteiger partial charge in [-0.05, 0) is 36.4 Å². The standard InChI is InChI=1S/C12H8BrClO2/c13-8-1-4-10(5-2-8)16-12-6-3-9(14)7-11(12)15/h1-7,15H. The summed E-state index contributed by atoms with van der Waals surface area (Å²) in [7, 11) is 0. The van der Waals surface area contributed by atoms with Crippen molar-refractivity contribution in [3.05, 3.63) is 52.0 Å². The Morgan fingerprint density at radius 3 is 2.38 bits per heavy atom. The van der Waals surface area contributed by atoms with Gasteiger partial charge in [-0.25, -0.2) is 0 Å². The summed E-state index contributed by atoms with van der Waals surface area (Å²) in [5.74, 6) is 1.06.